The van der Waals surface area contributed by atoms with Crippen LogP contribution in [0.15, 0.2) is 24.3 Å². The quantitative estimate of drug-likeness (QED) is 0.780. The maximum absolute atomic E-state index is 5.91. The van der Waals surface area contributed by atoms with Crippen molar-refractivity contribution in [2.45, 2.75) is 33.3 Å². The molecule has 1 aromatic heterocycles. The highest BCUT2D eigenvalue weighted by Crippen LogP contribution is 2.25. The highest BCUT2D eigenvalue weighted by atomic mass is 35.5. The van der Waals surface area contributed by atoms with Gasteiger partial charge < -0.3 is 4.74 Å². The third kappa shape index (κ3) is 3.10. The normalized spacial score (nSPS) is 12.9. The van der Waals surface area contributed by atoms with Crippen LogP contribution < -0.4 is 4.74 Å². The molecule has 2 aromatic rings. The fraction of sp³-hybridized carbons (Fsp3) is 0.429. The van der Waals surface area contributed by atoms with Crippen LogP contribution in [-0.4, -0.2) is 16.1 Å². The molecule has 0 aliphatic rings. The lowest BCUT2D eigenvalue weighted by Gasteiger charge is -2.16. The molecule has 0 N–H and O–H groups in total. The summed E-state index contributed by atoms with van der Waals surface area (Å²) in [5.74, 6) is 1.15. The number of aromatic nitrogens is 2. The maximum atomic E-state index is 5.91. The largest absolute Gasteiger partial charge is 0.474 e. The number of hydrogen-bond donors (Lipinski definition) is 0. The molecule has 2 rings (SSSR count). The molecule has 0 saturated heterocycles. The van der Waals surface area contributed by atoms with Gasteiger partial charge in [0.1, 0.15) is 0 Å². The standard InChI is InChI=1S/C14H17ClN2O/c1-9(2)8-10(3)18-13-11-6-4-5-7-12(11)16-14(15)17-13/h4-7,9-10H,8H2,1-3H3. The van der Waals surface area contributed by atoms with E-state index >= 15 is 0 Å². The Hall–Kier alpha value is -1.35. The number of benzene rings is 1. The average Bonchev–Trinajstić information content (AvgIpc) is 2.27. The summed E-state index contributed by atoms with van der Waals surface area (Å²) >= 11 is 5.91. The lowest BCUT2D eigenvalue weighted by atomic mass is 10.1. The lowest BCUT2D eigenvalue weighted by molar-refractivity contribution is 0.188. The Morgan fingerprint density at radius 2 is 1.89 bits per heavy atom. The van der Waals surface area contributed by atoms with Gasteiger partial charge in [0.2, 0.25) is 11.2 Å². The van der Waals surface area contributed by atoms with Crippen LogP contribution in [0.4, 0.5) is 0 Å². The monoisotopic (exact) mass is 264 g/mol. The Balaban J connectivity index is 2.32. The molecule has 0 fully saturated rings. The van der Waals surface area contributed by atoms with Crippen molar-refractivity contribution in [3.05, 3.63) is 29.5 Å². The number of hydrogen-bond acceptors (Lipinski definition) is 3. The predicted octanol–water partition coefficient (Wildman–Crippen LogP) is 4.10. The van der Waals surface area contributed by atoms with Crippen LogP contribution in [0, 0.1) is 5.92 Å². The van der Waals surface area contributed by atoms with Crippen molar-refractivity contribution in [2.75, 3.05) is 0 Å². The summed E-state index contributed by atoms with van der Waals surface area (Å²) in [5, 5.41) is 1.12. The van der Waals surface area contributed by atoms with Crippen LogP contribution in [0.3, 0.4) is 0 Å². The average molecular weight is 265 g/mol. The van der Waals surface area contributed by atoms with E-state index in [0.717, 1.165) is 17.3 Å². The first-order valence-corrected chi connectivity index (χ1v) is 6.53. The van der Waals surface area contributed by atoms with Crippen LogP contribution in [0.5, 0.6) is 5.88 Å². The Labute approximate surface area is 112 Å². The molecule has 0 radical (unpaired) electrons. The second kappa shape index (κ2) is 5.53. The van der Waals surface area contributed by atoms with Crippen LogP contribution >= 0.6 is 11.6 Å². The predicted molar refractivity (Wildman–Crippen MR) is 74.1 cm³/mol. The van der Waals surface area contributed by atoms with Crippen LogP contribution in [0.1, 0.15) is 27.2 Å². The van der Waals surface area contributed by atoms with Crippen molar-refractivity contribution in [2.24, 2.45) is 5.92 Å². The molecule has 96 valence electrons. The summed E-state index contributed by atoms with van der Waals surface area (Å²) in [6, 6.07) is 7.72. The van der Waals surface area contributed by atoms with E-state index < -0.39 is 0 Å². The Morgan fingerprint density at radius 3 is 2.61 bits per heavy atom. The number of nitrogens with zero attached hydrogens (tertiary/aromatic N) is 2. The van der Waals surface area contributed by atoms with E-state index in [-0.39, 0.29) is 11.4 Å². The molecule has 18 heavy (non-hydrogen) atoms. The first-order chi connectivity index (χ1) is 8.56. The molecule has 1 heterocycles. The van der Waals surface area contributed by atoms with Gasteiger partial charge in [-0.05, 0) is 43.0 Å². The lowest BCUT2D eigenvalue weighted by Crippen LogP contribution is -2.15. The van der Waals surface area contributed by atoms with Crippen molar-refractivity contribution >= 4 is 22.5 Å². The molecule has 0 bridgehead atoms. The Morgan fingerprint density at radius 1 is 1.17 bits per heavy atom. The van der Waals surface area contributed by atoms with Gasteiger partial charge in [0, 0.05) is 0 Å². The minimum Gasteiger partial charge on any atom is -0.474 e. The molecule has 1 aromatic carbocycles. The molecule has 0 saturated carbocycles. The summed E-state index contributed by atoms with van der Waals surface area (Å²) in [7, 11) is 0. The number of halogens is 1. The highest BCUT2D eigenvalue weighted by Gasteiger charge is 2.12. The number of ether oxygens (including phenoxy) is 1. The molecule has 0 spiro atoms. The van der Waals surface area contributed by atoms with Gasteiger partial charge in [0.25, 0.3) is 0 Å². The van der Waals surface area contributed by atoms with Crippen LogP contribution in [-0.2, 0) is 0 Å². The fourth-order valence-corrected chi connectivity index (χ4v) is 2.18. The third-order valence-corrected chi connectivity index (χ3v) is 2.83. The SMILES string of the molecule is CC(C)CC(C)Oc1nc(Cl)nc2ccccc12. The van der Waals surface area contributed by atoms with Gasteiger partial charge >= 0.3 is 0 Å². The van der Waals surface area contributed by atoms with Gasteiger partial charge in [-0.15, -0.1) is 0 Å². The molecule has 0 aliphatic heterocycles. The summed E-state index contributed by atoms with van der Waals surface area (Å²) in [6.07, 6.45) is 1.09. The number of para-hydroxylation sites is 1. The first kappa shape index (κ1) is 13.1. The summed E-state index contributed by atoms with van der Waals surface area (Å²) in [5.41, 5.74) is 0.809. The van der Waals surface area contributed by atoms with Gasteiger partial charge in [-0.1, -0.05) is 26.0 Å². The molecule has 1 unspecified atom stereocenters. The van der Waals surface area contributed by atoms with Gasteiger partial charge in [-0.3, -0.25) is 0 Å². The van der Waals surface area contributed by atoms with E-state index in [9.17, 15) is 0 Å². The number of rotatable bonds is 4. The highest BCUT2D eigenvalue weighted by molar-refractivity contribution is 6.28. The van der Waals surface area contributed by atoms with Gasteiger partial charge in [-0.25, -0.2) is 4.98 Å². The van der Waals surface area contributed by atoms with Crippen LogP contribution in [0.25, 0.3) is 10.9 Å². The zero-order valence-electron chi connectivity index (χ0n) is 10.9. The van der Waals surface area contributed by atoms with Crippen molar-refractivity contribution in [1.29, 1.82) is 0 Å². The van der Waals surface area contributed by atoms with E-state index in [4.69, 9.17) is 16.3 Å². The fourth-order valence-electron chi connectivity index (χ4n) is 2.01. The van der Waals surface area contributed by atoms with Crippen molar-refractivity contribution in [3.8, 4) is 5.88 Å². The molecule has 4 heteroatoms. The van der Waals surface area contributed by atoms with E-state index in [1.165, 1.54) is 0 Å². The minimum atomic E-state index is 0.111. The Kier molecular flexibility index (Phi) is 4.02. The summed E-state index contributed by atoms with van der Waals surface area (Å²) in [6.45, 7) is 6.39. The third-order valence-electron chi connectivity index (χ3n) is 2.66. The minimum absolute atomic E-state index is 0.111. The zero-order chi connectivity index (χ0) is 13.1. The molecule has 1 atom stereocenters. The topological polar surface area (TPSA) is 35.0 Å². The maximum Gasteiger partial charge on any atom is 0.226 e. The summed E-state index contributed by atoms with van der Waals surface area (Å²) < 4.78 is 5.88. The van der Waals surface area contributed by atoms with Gasteiger partial charge in [0.05, 0.1) is 17.0 Å². The molecule has 0 amide bonds. The van der Waals surface area contributed by atoms with Gasteiger partial charge in [-0.2, -0.15) is 4.98 Å². The van der Waals surface area contributed by atoms with E-state index in [1.807, 2.05) is 31.2 Å². The molecule has 0 aliphatic carbocycles. The van der Waals surface area contributed by atoms with Crippen molar-refractivity contribution in [3.63, 3.8) is 0 Å². The smallest absolute Gasteiger partial charge is 0.226 e. The Bertz CT molecular complexity index is 542. The zero-order valence-corrected chi connectivity index (χ0v) is 11.6. The van der Waals surface area contributed by atoms with Gasteiger partial charge in [0.15, 0.2) is 0 Å². The number of fused-ring (bicyclic) bond motifs is 1. The molecular formula is C14H17ClN2O. The van der Waals surface area contributed by atoms with Crippen LogP contribution in [0.2, 0.25) is 5.28 Å². The summed E-state index contributed by atoms with van der Waals surface area (Å²) in [4.78, 5) is 8.36. The van der Waals surface area contributed by atoms with E-state index in [2.05, 4.69) is 23.8 Å². The first-order valence-electron chi connectivity index (χ1n) is 6.15. The molecular weight excluding hydrogens is 248 g/mol. The second-order valence-corrected chi connectivity index (χ2v) is 5.21. The van der Waals surface area contributed by atoms with Crippen molar-refractivity contribution < 1.29 is 4.74 Å². The van der Waals surface area contributed by atoms with E-state index in [0.29, 0.717) is 11.8 Å². The van der Waals surface area contributed by atoms with E-state index in [1.54, 1.807) is 0 Å². The second-order valence-electron chi connectivity index (χ2n) is 4.87. The molecule has 3 nitrogen and oxygen atoms in total. The van der Waals surface area contributed by atoms with Crippen molar-refractivity contribution in [1.82, 2.24) is 9.97 Å².